The van der Waals surface area contributed by atoms with Gasteiger partial charge in [-0.25, -0.2) is 13.1 Å². The zero-order chi connectivity index (χ0) is 19.0. The molecule has 1 aromatic carbocycles. The van der Waals surface area contributed by atoms with Gasteiger partial charge in [0.2, 0.25) is 10.0 Å². The SMILES string of the molecule is COc1ccc(S(=O)(=O)NC2CC3CCC2C3)cc1C(=O)N1CCCCC1. The first kappa shape index (κ1) is 18.7. The third-order valence-corrected chi connectivity index (χ3v) is 7.89. The molecule has 148 valence electrons. The molecule has 6 nitrogen and oxygen atoms in total. The maximum absolute atomic E-state index is 12.9. The minimum atomic E-state index is -3.65. The monoisotopic (exact) mass is 392 g/mol. The van der Waals surface area contributed by atoms with Crippen LogP contribution in [0.4, 0.5) is 0 Å². The molecule has 3 unspecified atom stereocenters. The highest BCUT2D eigenvalue weighted by Gasteiger charge is 2.41. The van der Waals surface area contributed by atoms with Crippen molar-refractivity contribution in [2.24, 2.45) is 11.8 Å². The molecule has 0 spiro atoms. The lowest BCUT2D eigenvalue weighted by Gasteiger charge is -2.27. The first-order valence-corrected chi connectivity index (χ1v) is 11.5. The molecule has 1 saturated heterocycles. The van der Waals surface area contributed by atoms with Gasteiger partial charge in [0, 0.05) is 19.1 Å². The van der Waals surface area contributed by atoms with Crippen molar-refractivity contribution in [3.63, 3.8) is 0 Å². The van der Waals surface area contributed by atoms with Gasteiger partial charge in [-0.1, -0.05) is 6.42 Å². The maximum Gasteiger partial charge on any atom is 0.257 e. The van der Waals surface area contributed by atoms with Crippen molar-refractivity contribution in [3.8, 4) is 5.75 Å². The summed E-state index contributed by atoms with van der Waals surface area (Å²) >= 11 is 0. The number of ether oxygens (including phenoxy) is 1. The summed E-state index contributed by atoms with van der Waals surface area (Å²) in [5.41, 5.74) is 0.329. The fourth-order valence-corrected chi connectivity index (χ4v) is 6.29. The standard InChI is InChI=1S/C20H28N2O4S/c1-26-19-8-7-16(13-17(19)20(23)22-9-3-2-4-10-22)27(24,25)21-18-12-14-5-6-15(18)11-14/h7-8,13-15,18,21H,2-6,9-12H2,1H3. The molecule has 3 fully saturated rings. The van der Waals surface area contributed by atoms with Gasteiger partial charge in [-0.3, -0.25) is 4.79 Å². The number of amides is 1. The average molecular weight is 393 g/mol. The van der Waals surface area contributed by atoms with Gasteiger partial charge in [-0.2, -0.15) is 0 Å². The Kier molecular flexibility index (Phi) is 5.16. The normalized spacial score (nSPS) is 27.7. The van der Waals surface area contributed by atoms with Crippen molar-refractivity contribution in [1.82, 2.24) is 9.62 Å². The molecule has 3 atom stereocenters. The number of benzene rings is 1. The number of piperidine rings is 1. The molecule has 1 N–H and O–H groups in total. The van der Waals surface area contributed by atoms with Crippen molar-refractivity contribution in [2.75, 3.05) is 20.2 Å². The number of sulfonamides is 1. The van der Waals surface area contributed by atoms with Crippen molar-refractivity contribution in [1.29, 1.82) is 0 Å². The average Bonchev–Trinajstić information content (AvgIpc) is 3.30. The van der Waals surface area contributed by atoms with Crippen LogP contribution in [-0.2, 0) is 10.0 Å². The summed E-state index contributed by atoms with van der Waals surface area (Å²) in [5.74, 6) is 1.39. The number of nitrogens with zero attached hydrogens (tertiary/aromatic N) is 1. The minimum Gasteiger partial charge on any atom is -0.496 e. The van der Waals surface area contributed by atoms with Gasteiger partial charge in [0.05, 0.1) is 17.6 Å². The number of hydrogen-bond acceptors (Lipinski definition) is 4. The largest absolute Gasteiger partial charge is 0.496 e. The molecule has 2 saturated carbocycles. The summed E-state index contributed by atoms with van der Waals surface area (Å²) < 4.78 is 34.1. The molecular weight excluding hydrogens is 364 g/mol. The second-order valence-corrected chi connectivity index (χ2v) is 9.83. The van der Waals surface area contributed by atoms with E-state index in [1.54, 1.807) is 11.0 Å². The fourth-order valence-electron chi connectivity index (χ4n) is 4.95. The number of hydrogen-bond donors (Lipinski definition) is 1. The number of likely N-dealkylation sites (tertiary alicyclic amines) is 1. The van der Waals surface area contributed by atoms with Crippen LogP contribution in [0.25, 0.3) is 0 Å². The summed E-state index contributed by atoms with van der Waals surface area (Å²) in [4.78, 5) is 14.9. The first-order valence-electron chi connectivity index (χ1n) is 9.97. The molecule has 2 aliphatic carbocycles. The molecule has 7 heteroatoms. The smallest absolute Gasteiger partial charge is 0.257 e. The Morgan fingerprint density at radius 1 is 1.15 bits per heavy atom. The molecule has 1 heterocycles. The lowest BCUT2D eigenvalue weighted by atomic mass is 9.96. The van der Waals surface area contributed by atoms with E-state index in [-0.39, 0.29) is 16.8 Å². The van der Waals surface area contributed by atoms with Crippen LogP contribution in [-0.4, -0.2) is 45.5 Å². The molecule has 2 bridgehead atoms. The Morgan fingerprint density at radius 3 is 2.56 bits per heavy atom. The second kappa shape index (κ2) is 7.43. The molecule has 1 amide bonds. The predicted octanol–water partition coefficient (Wildman–Crippen LogP) is 2.79. The number of methoxy groups -OCH3 is 1. The van der Waals surface area contributed by atoms with Gasteiger partial charge in [0.15, 0.2) is 0 Å². The Hall–Kier alpha value is -1.60. The molecule has 1 aromatic rings. The zero-order valence-corrected chi connectivity index (χ0v) is 16.6. The van der Waals surface area contributed by atoms with Crippen LogP contribution in [0.1, 0.15) is 55.3 Å². The van der Waals surface area contributed by atoms with Crippen molar-refractivity contribution >= 4 is 15.9 Å². The van der Waals surface area contributed by atoms with Gasteiger partial charge >= 0.3 is 0 Å². The van der Waals surface area contributed by atoms with E-state index in [0.717, 1.165) is 38.5 Å². The van der Waals surface area contributed by atoms with Crippen LogP contribution >= 0.6 is 0 Å². The lowest BCUT2D eigenvalue weighted by molar-refractivity contribution is 0.0720. The molecule has 4 rings (SSSR count). The second-order valence-electron chi connectivity index (χ2n) is 8.12. The van der Waals surface area contributed by atoms with E-state index in [2.05, 4.69) is 4.72 Å². The summed E-state index contributed by atoms with van der Waals surface area (Å²) in [5, 5.41) is 0. The van der Waals surface area contributed by atoms with Gasteiger partial charge in [0.1, 0.15) is 5.75 Å². The van der Waals surface area contributed by atoms with E-state index in [4.69, 9.17) is 4.74 Å². The minimum absolute atomic E-state index is 0.0251. The Bertz CT molecular complexity index is 817. The highest BCUT2D eigenvalue weighted by atomic mass is 32.2. The Morgan fingerprint density at radius 2 is 1.93 bits per heavy atom. The van der Waals surface area contributed by atoms with E-state index < -0.39 is 10.0 Å². The highest BCUT2D eigenvalue weighted by Crippen LogP contribution is 2.44. The lowest BCUT2D eigenvalue weighted by Crippen LogP contribution is -2.38. The topological polar surface area (TPSA) is 75.7 Å². The fraction of sp³-hybridized carbons (Fsp3) is 0.650. The number of nitrogens with one attached hydrogen (secondary N) is 1. The van der Waals surface area contributed by atoms with E-state index in [1.165, 1.54) is 25.7 Å². The summed E-state index contributed by atoms with van der Waals surface area (Å²) in [6, 6.07) is 4.62. The van der Waals surface area contributed by atoms with E-state index in [9.17, 15) is 13.2 Å². The third kappa shape index (κ3) is 3.72. The summed E-state index contributed by atoms with van der Waals surface area (Å²) in [6.45, 7) is 1.42. The van der Waals surface area contributed by atoms with Crippen LogP contribution < -0.4 is 9.46 Å². The van der Waals surface area contributed by atoms with Gasteiger partial charge < -0.3 is 9.64 Å². The van der Waals surface area contributed by atoms with Crippen LogP contribution in [0.15, 0.2) is 23.1 Å². The molecule has 0 aromatic heterocycles. The van der Waals surface area contributed by atoms with Crippen molar-refractivity contribution in [2.45, 2.75) is 55.9 Å². The number of carbonyl (C=O) groups excluding carboxylic acids is 1. The summed E-state index contributed by atoms with van der Waals surface area (Å²) in [6.07, 6.45) is 7.49. The van der Waals surface area contributed by atoms with Crippen LogP contribution in [0, 0.1) is 11.8 Å². The molecule has 27 heavy (non-hydrogen) atoms. The third-order valence-electron chi connectivity index (χ3n) is 6.40. The van der Waals surface area contributed by atoms with E-state index in [1.807, 2.05) is 0 Å². The van der Waals surface area contributed by atoms with Gasteiger partial charge in [-0.15, -0.1) is 0 Å². The number of fused-ring (bicyclic) bond motifs is 2. The van der Waals surface area contributed by atoms with E-state index >= 15 is 0 Å². The Balaban J connectivity index is 1.58. The van der Waals surface area contributed by atoms with Crippen molar-refractivity contribution < 1.29 is 17.9 Å². The molecule has 1 aliphatic heterocycles. The first-order chi connectivity index (χ1) is 13.0. The number of rotatable bonds is 5. The molecular formula is C20H28N2O4S. The van der Waals surface area contributed by atoms with Crippen LogP contribution in [0.2, 0.25) is 0 Å². The van der Waals surface area contributed by atoms with Gasteiger partial charge in [-0.05, 0) is 68.6 Å². The maximum atomic E-state index is 12.9. The summed E-state index contributed by atoms with van der Waals surface area (Å²) in [7, 11) is -2.15. The van der Waals surface area contributed by atoms with Crippen LogP contribution in [0.5, 0.6) is 5.75 Å². The number of carbonyl (C=O) groups is 1. The molecule has 0 radical (unpaired) electrons. The predicted molar refractivity (Wildman–Crippen MR) is 102 cm³/mol. The van der Waals surface area contributed by atoms with Gasteiger partial charge in [0.25, 0.3) is 5.91 Å². The Labute approximate surface area is 161 Å². The highest BCUT2D eigenvalue weighted by molar-refractivity contribution is 7.89. The zero-order valence-electron chi connectivity index (χ0n) is 15.8. The van der Waals surface area contributed by atoms with Crippen LogP contribution in [0.3, 0.4) is 0 Å². The quantitative estimate of drug-likeness (QED) is 0.836. The van der Waals surface area contributed by atoms with E-state index in [0.29, 0.717) is 36.2 Å². The van der Waals surface area contributed by atoms with Crippen molar-refractivity contribution in [3.05, 3.63) is 23.8 Å². The molecule has 3 aliphatic rings.